The van der Waals surface area contributed by atoms with Crippen molar-refractivity contribution in [2.24, 2.45) is 5.84 Å². The maximum absolute atomic E-state index is 13.0. The lowest BCUT2D eigenvalue weighted by molar-refractivity contribution is 0.521. The molecule has 0 saturated carbocycles. The van der Waals surface area contributed by atoms with E-state index in [4.69, 9.17) is 17.4 Å². The van der Waals surface area contributed by atoms with E-state index in [1.54, 1.807) is 18.5 Å². The first kappa shape index (κ1) is 13.9. The van der Waals surface area contributed by atoms with Gasteiger partial charge in [-0.1, -0.05) is 17.7 Å². The van der Waals surface area contributed by atoms with E-state index >= 15 is 0 Å². The van der Waals surface area contributed by atoms with Crippen molar-refractivity contribution in [1.29, 1.82) is 0 Å². The highest BCUT2D eigenvalue weighted by Crippen LogP contribution is 2.22. The highest BCUT2D eigenvalue weighted by Gasteiger charge is 2.15. The second-order valence-electron chi connectivity index (χ2n) is 4.28. The largest absolute Gasteiger partial charge is 0.271 e. The molecule has 0 radical (unpaired) electrons. The number of rotatable bonds is 4. The van der Waals surface area contributed by atoms with Crippen LogP contribution in [-0.2, 0) is 6.42 Å². The molecular formula is C13H14ClFN4. The van der Waals surface area contributed by atoms with Crippen LogP contribution in [0.4, 0.5) is 4.39 Å². The number of halogens is 2. The molecule has 0 saturated heterocycles. The van der Waals surface area contributed by atoms with Crippen molar-refractivity contribution in [3.05, 3.63) is 58.4 Å². The van der Waals surface area contributed by atoms with Crippen molar-refractivity contribution in [2.45, 2.75) is 19.4 Å². The Kier molecular flexibility index (Phi) is 4.42. The summed E-state index contributed by atoms with van der Waals surface area (Å²) in [7, 11) is 0. The van der Waals surface area contributed by atoms with E-state index in [0.29, 0.717) is 17.3 Å². The number of nitrogens with two attached hydrogens (primary N) is 1. The fourth-order valence-electron chi connectivity index (χ4n) is 1.71. The lowest BCUT2D eigenvalue weighted by Crippen LogP contribution is -2.31. The van der Waals surface area contributed by atoms with Gasteiger partial charge in [0.2, 0.25) is 0 Å². The third kappa shape index (κ3) is 3.47. The monoisotopic (exact) mass is 280 g/mol. The molecule has 0 aliphatic rings. The van der Waals surface area contributed by atoms with Crippen LogP contribution < -0.4 is 11.3 Å². The first-order valence-electron chi connectivity index (χ1n) is 5.78. The highest BCUT2D eigenvalue weighted by atomic mass is 35.5. The van der Waals surface area contributed by atoms with Crippen LogP contribution in [-0.4, -0.2) is 9.97 Å². The summed E-state index contributed by atoms with van der Waals surface area (Å²) in [5.74, 6) is 5.74. The summed E-state index contributed by atoms with van der Waals surface area (Å²) in [4.78, 5) is 8.44. The van der Waals surface area contributed by atoms with E-state index in [0.717, 1.165) is 11.1 Å². The van der Waals surface area contributed by atoms with Crippen LogP contribution in [0.1, 0.15) is 23.0 Å². The normalized spacial score (nSPS) is 12.4. The maximum atomic E-state index is 13.0. The zero-order valence-corrected chi connectivity index (χ0v) is 11.2. The molecule has 1 unspecified atom stereocenters. The zero-order valence-electron chi connectivity index (χ0n) is 10.4. The van der Waals surface area contributed by atoms with Gasteiger partial charge < -0.3 is 0 Å². The Bertz CT molecular complexity index is 559. The van der Waals surface area contributed by atoms with Gasteiger partial charge in [0.05, 0.1) is 6.04 Å². The predicted octanol–water partition coefficient (Wildman–Crippen LogP) is 2.32. The molecule has 1 aromatic heterocycles. The quantitative estimate of drug-likeness (QED) is 0.666. The Morgan fingerprint density at radius 3 is 2.63 bits per heavy atom. The molecule has 0 aliphatic heterocycles. The van der Waals surface area contributed by atoms with Gasteiger partial charge in [-0.3, -0.25) is 5.84 Å². The number of aryl methyl sites for hydroxylation is 1. The smallest absolute Gasteiger partial charge is 0.146 e. The van der Waals surface area contributed by atoms with Crippen LogP contribution >= 0.6 is 11.6 Å². The molecule has 1 heterocycles. The molecular weight excluding hydrogens is 267 g/mol. The molecule has 0 fully saturated rings. The van der Waals surface area contributed by atoms with Gasteiger partial charge in [-0.05, 0) is 36.6 Å². The summed E-state index contributed by atoms with van der Waals surface area (Å²) < 4.78 is 13.0. The second kappa shape index (κ2) is 6.06. The van der Waals surface area contributed by atoms with E-state index in [9.17, 15) is 4.39 Å². The number of nitrogens with one attached hydrogen (secondary N) is 1. The summed E-state index contributed by atoms with van der Waals surface area (Å²) >= 11 is 5.99. The zero-order chi connectivity index (χ0) is 13.8. The number of nitrogens with zero attached hydrogens (tertiary/aromatic N) is 2. The van der Waals surface area contributed by atoms with Crippen molar-refractivity contribution < 1.29 is 4.39 Å². The molecule has 1 aromatic carbocycles. The van der Waals surface area contributed by atoms with Crippen molar-refractivity contribution >= 4 is 11.6 Å². The predicted molar refractivity (Wildman–Crippen MR) is 71.9 cm³/mol. The first-order valence-corrected chi connectivity index (χ1v) is 6.16. The third-order valence-electron chi connectivity index (χ3n) is 2.75. The lowest BCUT2D eigenvalue weighted by atomic mass is 10.1. The molecule has 6 heteroatoms. The fourth-order valence-corrected chi connectivity index (χ4v) is 1.96. The van der Waals surface area contributed by atoms with Gasteiger partial charge >= 0.3 is 0 Å². The average molecular weight is 281 g/mol. The summed E-state index contributed by atoms with van der Waals surface area (Å²) in [6.45, 7) is 1.91. The first-order chi connectivity index (χ1) is 9.10. The van der Waals surface area contributed by atoms with Gasteiger partial charge in [-0.2, -0.15) is 0 Å². The minimum absolute atomic E-state index is 0.274. The van der Waals surface area contributed by atoms with Crippen LogP contribution in [0.15, 0.2) is 30.6 Å². The molecule has 2 aromatic rings. The van der Waals surface area contributed by atoms with Gasteiger partial charge in [0.1, 0.15) is 11.6 Å². The van der Waals surface area contributed by atoms with Gasteiger partial charge in [0.25, 0.3) is 0 Å². The Hall–Kier alpha value is -1.56. The maximum Gasteiger partial charge on any atom is 0.146 e. The van der Waals surface area contributed by atoms with Crippen molar-refractivity contribution in [2.75, 3.05) is 0 Å². The van der Waals surface area contributed by atoms with Crippen LogP contribution in [0, 0.1) is 12.7 Å². The molecule has 19 heavy (non-hydrogen) atoms. The molecule has 0 aliphatic carbocycles. The van der Waals surface area contributed by atoms with E-state index in [1.165, 1.54) is 12.1 Å². The molecule has 3 N–H and O–H groups in total. The summed E-state index contributed by atoms with van der Waals surface area (Å²) in [6.07, 6.45) is 3.93. The number of hydrogen-bond donors (Lipinski definition) is 2. The SMILES string of the molecule is Cc1cnc(C(Cc2ccc(F)cc2Cl)NN)nc1. The summed E-state index contributed by atoms with van der Waals surface area (Å²) in [6, 6.07) is 4.00. The van der Waals surface area contributed by atoms with Crippen molar-refractivity contribution in [3.63, 3.8) is 0 Å². The van der Waals surface area contributed by atoms with E-state index < -0.39 is 0 Å². The van der Waals surface area contributed by atoms with Crippen molar-refractivity contribution in [1.82, 2.24) is 15.4 Å². The summed E-state index contributed by atoms with van der Waals surface area (Å²) in [5.41, 5.74) is 4.41. The highest BCUT2D eigenvalue weighted by molar-refractivity contribution is 6.31. The standard InChI is InChI=1S/C13H14ClFN4/c1-8-6-17-13(18-7-8)12(19-16)4-9-2-3-10(15)5-11(9)14/h2-3,5-7,12,19H,4,16H2,1H3. The minimum atomic E-state index is -0.363. The Labute approximate surface area is 115 Å². The molecule has 0 spiro atoms. The molecule has 1 atom stereocenters. The second-order valence-corrected chi connectivity index (χ2v) is 4.68. The van der Waals surface area contributed by atoms with Crippen LogP contribution in [0.5, 0.6) is 0 Å². The van der Waals surface area contributed by atoms with Gasteiger partial charge in [-0.25, -0.2) is 19.8 Å². The molecule has 2 rings (SSSR count). The van der Waals surface area contributed by atoms with Gasteiger partial charge in [0.15, 0.2) is 0 Å². The van der Waals surface area contributed by atoms with Crippen LogP contribution in [0.25, 0.3) is 0 Å². The molecule has 4 nitrogen and oxygen atoms in total. The lowest BCUT2D eigenvalue weighted by Gasteiger charge is -2.15. The van der Waals surface area contributed by atoms with Crippen molar-refractivity contribution in [3.8, 4) is 0 Å². The van der Waals surface area contributed by atoms with Gasteiger partial charge in [0, 0.05) is 17.4 Å². The number of hydrazine groups is 1. The Balaban J connectivity index is 2.21. The summed E-state index contributed by atoms with van der Waals surface area (Å²) in [5, 5.41) is 0.368. The van der Waals surface area contributed by atoms with Crippen LogP contribution in [0.3, 0.4) is 0 Å². The Morgan fingerprint density at radius 2 is 2.05 bits per heavy atom. The van der Waals surface area contributed by atoms with Crippen LogP contribution in [0.2, 0.25) is 5.02 Å². The van der Waals surface area contributed by atoms with E-state index in [2.05, 4.69) is 15.4 Å². The average Bonchev–Trinajstić information content (AvgIpc) is 2.39. The Morgan fingerprint density at radius 1 is 1.37 bits per heavy atom. The third-order valence-corrected chi connectivity index (χ3v) is 3.10. The molecule has 100 valence electrons. The fraction of sp³-hybridized carbons (Fsp3) is 0.231. The number of benzene rings is 1. The minimum Gasteiger partial charge on any atom is -0.271 e. The van der Waals surface area contributed by atoms with Gasteiger partial charge in [-0.15, -0.1) is 0 Å². The van der Waals surface area contributed by atoms with E-state index in [-0.39, 0.29) is 11.9 Å². The molecule has 0 bridgehead atoms. The number of aromatic nitrogens is 2. The topological polar surface area (TPSA) is 63.8 Å². The molecule has 0 amide bonds. The number of hydrogen-bond acceptors (Lipinski definition) is 4. The van der Waals surface area contributed by atoms with E-state index in [1.807, 2.05) is 6.92 Å².